The van der Waals surface area contributed by atoms with Crippen molar-refractivity contribution in [1.29, 1.82) is 0 Å². The minimum absolute atomic E-state index is 0.0323. The summed E-state index contributed by atoms with van der Waals surface area (Å²) in [6.45, 7) is 6.50. The Bertz CT molecular complexity index is 671. The zero-order valence-corrected chi connectivity index (χ0v) is 12.5. The van der Waals surface area contributed by atoms with Gasteiger partial charge < -0.3 is 14.4 Å². The van der Waals surface area contributed by atoms with Crippen molar-refractivity contribution in [1.82, 2.24) is 14.4 Å². The summed E-state index contributed by atoms with van der Waals surface area (Å²) in [6, 6.07) is 6.47. The minimum atomic E-state index is -0.278. The summed E-state index contributed by atoms with van der Waals surface area (Å²) in [5, 5.41) is 0.898. The van der Waals surface area contributed by atoms with Crippen molar-refractivity contribution in [2.45, 2.75) is 6.92 Å². The Balaban J connectivity index is 1.87. The molecule has 0 saturated carbocycles. The van der Waals surface area contributed by atoms with Crippen LogP contribution < -0.4 is 0 Å². The zero-order chi connectivity index (χ0) is 15.0. The fourth-order valence-electron chi connectivity index (χ4n) is 2.94. The highest BCUT2D eigenvalue weighted by Crippen LogP contribution is 2.21. The number of hydrogen-bond acceptors (Lipinski definition) is 2. The van der Waals surface area contributed by atoms with E-state index in [1.807, 2.05) is 18.0 Å². The highest BCUT2D eigenvalue weighted by molar-refractivity contribution is 5.98. The number of likely N-dealkylation sites (N-methyl/N-ethyl adjacent to an activating group) is 1. The van der Waals surface area contributed by atoms with Crippen molar-refractivity contribution >= 4 is 16.8 Å². The van der Waals surface area contributed by atoms with Crippen LogP contribution in [-0.4, -0.2) is 53.0 Å². The lowest BCUT2D eigenvalue weighted by atomic mass is 10.2. The van der Waals surface area contributed by atoms with Crippen LogP contribution in [0.3, 0.4) is 0 Å². The summed E-state index contributed by atoms with van der Waals surface area (Å²) >= 11 is 0. The van der Waals surface area contributed by atoms with Crippen LogP contribution in [-0.2, 0) is 7.05 Å². The van der Waals surface area contributed by atoms with Crippen molar-refractivity contribution in [2.24, 2.45) is 7.05 Å². The van der Waals surface area contributed by atoms with Gasteiger partial charge in [0.05, 0.1) is 5.52 Å². The van der Waals surface area contributed by atoms with Gasteiger partial charge in [-0.3, -0.25) is 4.79 Å². The molecule has 0 radical (unpaired) electrons. The molecule has 1 aromatic carbocycles. The highest BCUT2D eigenvalue weighted by atomic mass is 19.1. The fourth-order valence-corrected chi connectivity index (χ4v) is 2.94. The van der Waals surface area contributed by atoms with E-state index >= 15 is 0 Å². The van der Waals surface area contributed by atoms with Crippen LogP contribution in [0.1, 0.15) is 17.4 Å². The monoisotopic (exact) mass is 289 g/mol. The van der Waals surface area contributed by atoms with E-state index in [9.17, 15) is 9.18 Å². The molecule has 0 aliphatic carbocycles. The third-order valence-electron chi connectivity index (χ3n) is 4.33. The fraction of sp³-hybridized carbons (Fsp3) is 0.438. The van der Waals surface area contributed by atoms with Crippen LogP contribution in [0.25, 0.3) is 10.9 Å². The van der Waals surface area contributed by atoms with Crippen LogP contribution in [0.15, 0.2) is 24.3 Å². The molecule has 0 bridgehead atoms. The number of piperazine rings is 1. The number of amides is 1. The van der Waals surface area contributed by atoms with Gasteiger partial charge in [0.1, 0.15) is 11.5 Å². The lowest BCUT2D eigenvalue weighted by molar-refractivity contribution is 0.0634. The van der Waals surface area contributed by atoms with Gasteiger partial charge in [0, 0.05) is 38.6 Å². The van der Waals surface area contributed by atoms with Gasteiger partial charge in [-0.15, -0.1) is 0 Å². The first-order valence-corrected chi connectivity index (χ1v) is 7.36. The molecule has 1 aliphatic rings. The lowest BCUT2D eigenvalue weighted by Crippen LogP contribution is -2.48. The number of carbonyl (C=O) groups excluding carboxylic acids is 1. The largest absolute Gasteiger partial charge is 0.340 e. The Labute approximate surface area is 123 Å². The Hall–Kier alpha value is -1.88. The molecule has 5 heteroatoms. The van der Waals surface area contributed by atoms with Gasteiger partial charge in [-0.25, -0.2) is 4.39 Å². The van der Waals surface area contributed by atoms with Gasteiger partial charge in [0.2, 0.25) is 0 Å². The maximum absolute atomic E-state index is 13.3. The number of aromatic nitrogens is 1. The second kappa shape index (κ2) is 5.48. The normalized spacial score (nSPS) is 16.6. The molecule has 1 fully saturated rings. The predicted molar refractivity (Wildman–Crippen MR) is 80.9 cm³/mol. The zero-order valence-electron chi connectivity index (χ0n) is 12.5. The quantitative estimate of drug-likeness (QED) is 0.847. The highest BCUT2D eigenvalue weighted by Gasteiger charge is 2.23. The standard InChI is InChI=1S/C16H20FN3O/c1-3-19-6-8-20(9-7-19)16(21)15-10-12-4-5-13(17)11-14(12)18(15)2/h4-5,10-11H,3,6-9H2,1-2H3. The molecule has 3 rings (SSSR count). The molecule has 21 heavy (non-hydrogen) atoms. The van der Waals surface area contributed by atoms with Gasteiger partial charge in [-0.05, 0) is 30.8 Å². The Kier molecular flexibility index (Phi) is 3.68. The Morgan fingerprint density at radius 1 is 1.19 bits per heavy atom. The summed E-state index contributed by atoms with van der Waals surface area (Å²) in [7, 11) is 1.82. The number of nitrogens with zero attached hydrogens (tertiary/aromatic N) is 3. The number of carbonyl (C=O) groups is 1. The Morgan fingerprint density at radius 3 is 2.57 bits per heavy atom. The average Bonchev–Trinajstić information content (AvgIpc) is 2.83. The molecule has 112 valence electrons. The molecule has 4 nitrogen and oxygen atoms in total. The average molecular weight is 289 g/mol. The number of fused-ring (bicyclic) bond motifs is 1. The van der Waals surface area contributed by atoms with Crippen molar-refractivity contribution in [3.05, 3.63) is 35.8 Å². The molecule has 0 spiro atoms. The van der Waals surface area contributed by atoms with E-state index in [0.717, 1.165) is 43.6 Å². The first-order valence-electron chi connectivity index (χ1n) is 7.36. The van der Waals surface area contributed by atoms with Crippen LogP contribution in [0.5, 0.6) is 0 Å². The molecule has 0 N–H and O–H groups in total. The van der Waals surface area contributed by atoms with E-state index in [1.54, 1.807) is 10.6 Å². The van der Waals surface area contributed by atoms with Crippen LogP contribution in [0.2, 0.25) is 0 Å². The summed E-state index contributed by atoms with van der Waals surface area (Å²) in [5.74, 6) is -0.246. The maximum Gasteiger partial charge on any atom is 0.270 e. The number of halogens is 1. The first kappa shape index (κ1) is 14.1. The number of aryl methyl sites for hydroxylation is 1. The van der Waals surface area contributed by atoms with Gasteiger partial charge in [-0.1, -0.05) is 6.92 Å². The molecular weight excluding hydrogens is 269 g/mol. The van der Waals surface area contributed by atoms with Crippen molar-refractivity contribution < 1.29 is 9.18 Å². The van der Waals surface area contributed by atoms with E-state index in [1.165, 1.54) is 12.1 Å². The molecule has 0 unspecified atom stereocenters. The topological polar surface area (TPSA) is 28.5 Å². The van der Waals surface area contributed by atoms with Crippen molar-refractivity contribution in [3.63, 3.8) is 0 Å². The Morgan fingerprint density at radius 2 is 1.90 bits per heavy atom. The summed E-state index contributed by atoms with van der Waals surface area (Å²) in [4.78, 5) is 16.9. The molecule has 0 atom stereocenters. The summed E-state index contributed by atoms with van der Waals surface area (Å²) < 4.78 is 15.1. The van der Waals surface area contributed by atoms with Crippen LogP contribution in [0, 0.1) is 5.82 Å². The first-order chi connectivity index (χ1) is 10.1. The van der Waals surface area contributed by atoms with Gasteiger partial charge in [0.25, 0.3) is 5.91 Å². The third-order valence-corrected chi connectivity index (χ3v) is 4.33. The summed E-state index contributed by atoms with van der Waals surface area (Å²) in [5.41, 5.74) is 1.38. The molecule has 2 aromatic rings. The SMILES string of the molecule is CCN1CCN(C(=O)c2cc3ccc(F)cc3n2C)CC1. The molecule has 1 aliphatic heterocycles. The van der Waals surface area contributed by atoms with E-state index in [4.69, 9.17) is 0 Å². The van der Waals surface area contributed by atoms with Gasteiger partial charge >= 0.3 is 0 Å². The molecule has 1 aromatic heterocycles. The van der Waals surface area contributed by atoms with Crippen LogP contribution >= 0.6 is 0 Å². The third kappa shape index (κ3) is 2.53. The lowest BCUT2D eigenvalue weighted by Gasteiger charge is -2.34. The number of rotatable bonds is 2. The number of benzene rings is 1. The molecule has 1 amide bonds. The molecule has 2 heterocycles. The van der Waals surface area contributed by atoms with Gasteiger partial charge in [0.15, 0.2) is 0 Å². The predicted octanol–water partition coefficient (Wildman–Crippen LogP) is 2.10. The molecule has 1 saturated heterocycles. The minimum Gasteiger partial charge on any atom is -0.340 e. The molecular formula is C16H20FN3O. The van der Waals surface area contributed by atoms with E-state index in [-0.39, 0.29) is 11.7 Å². The van der Waals surface area contributed by atoms with Gasteiger partial charge in [-0.2, -0.15) is 0 Å². The number of hydrogen-bond donors (Lipinski definition) is 0. The second-order valence-electron chi connectivity index (χ2n) is 5.52. The van der Waals surface area contributed by atoms with Crippen molar-refractivity contribution in [3.8, 4) is 0 Å². The smallest absolute Gasteiger partial charge is 0.270 e. The van der Waals surface area contributed by atoms with Crippen LogP contribution in [0.4, 0.5) is 4.39 Å². The second-order valence-corrected chi connectivity index (χ2v) is 5.52. The maximum atomic E-state index is 13.3. The van der Waals surface area contributed by atoms with E-state index in [0.29, 0.717) is 5.69 Å². The summed E-state index contributed by atoms with van der Waals surface area (Å²) in [6.07, 6.45) is 0. The van der Waals surface area contributed by atoms with Crippen molar-refractivity contribution in [2.75, 3.05) is 32.7 Å². The van der Waals surface area contributed by atoms with E-state index in [2.05, 4.69) is 11.8 Å². The van der Waals surface area contributed by atoms with E-state index < -0.39 is 0 Å².